The number of carbonyl (C=O) groups is 1. The quantitative estimate of drug-likeness (QED) is 0.682. The standard InChI is InChI=1S/C12H15NO/c1-9-6-7-13-8-11(9)12(14)5-4-10-2-3-10/h6-8,10H,2-5H2,1H3. The fraction of sp³-hybridized carbons (Fsp3) is 0.500. The molecule has 2 rings (SSSR count). The predicted octanol–water partition coefficient (Wildman–Crippen LogP) is 2.76. The zero-order valence-corrected chi connectivity index (χ0v) is 8.49. The van der Waals surface area contributed by atoms with Crippen molar-refractivity contribution in [3.05, 3.63) is 29.6 Å². The third-order valence-electron chi connectivity index (χ3n) is 2.82. The molecule has 2 nitrogen and oxygen atoms in total. The summed E-state index contributed by atoms with van der Waals surface area (Å²) < 4.78 is 0. The van der Waals surface area contributed by atoms with Crippen molar-refractivity contribution in [1.29, 1.82) is 0 Å². The Kier molecular flexibility index (Phi) is 2.62. The van der Waals surface area contributed by atoms with Crippen LogP contribution in [0.15, 0.2) is 18.5 Å². The van der Waals surface area contributed by atoms with Crippen LogP contribution in [0, 0.1) is 12.8 Å². The first-order chi connectivity index (χ1) is 6.77. The first-order valence-electron chi connectivity index (χ1n) is 5.21. The third kappa shape index (κ3) is 2.19. The van der Waals surface area contributed by atoms with E-state index in [1.807, 2.05) is 13.0 Å². The lowest BCUT2D eigenvalue weighted by Crippen LogP contribution is -2.02. The number of nitrogens with zero attached hydrogens (tertiary/aromatic N) is 1. The van der Waals surface area contributed by atoms with Crippen LogP contribution in [0.5, 0.6) is 0 Å². The Bertz CT molecular complexity index is 342. The molecule has 74 valence electrons. The van der Waals surface area contributed by atoms with Crippen LogP contribution in [-0.4, -0.2) is 10.8 Å². The minimum Gasteiger partial charge on any atom is -0.294 e. The Morgan fingerprint density at radius 2 is 2.36 bits per heavy atom. The highest BCUT2D eigenvalue weighted by Gasteiger charge is 2.22. The molecule has 0 spiro atoms. The van der Waals surface area contributed by atoms with E-state index in [4.69, 9.17) is 0 Å². The van der Waals surface area contributed by atoms with Crippen LogP contribution < -0.4 is 0 Å². The monoisotopic (exact) mass is 189 g/mol. The van der Waals surface area contributed by atoms with E-state index in [0.29, 0.717) is 6.42 Å². The van der Waals surface area contributed by atoms with E-state index < -0.39 is 0 Å². The second kappa shape index (κ2) is 3.91. The zero-order valence-electron chi connectivity index (χ0n) is 8.49. The molecule has 0 atom stereocenters. The van der Waals surface area contributed by atoms with Crippen LogP contribution >= 0.6 is 0 Å². The summed E-state index contributed by atoms with van der Waals surface area (Å²) in [7, 11) is 0. The summed E-state index contributed by atoms with van der Waals surface area (Å²) in [5.74, 6) is 1.08. The van der Waals surface area contributed by atoms with Gasteiger partial charge in [0.1, 0.15) is 0 Å². The normalized spacial score (nSPS) is 15.5. The molecule has 1 saturated carbocycles. The van der Waals surface area contributed by atoms with Crippen LogP contribution in [-0.2, 0) is 0 Å². The largest absolute Gasteiger partial charge is 0.294 e. The number of ketones is 1. The van der Waals surface area contributed by atoms with Crippen molar-refractivity contribution in [1.82, 2.24) is 4.98 Å². The van der Waals surface area contributed by atoms with Gasteiger partial charge in [0.15, 0.2) is 5.78 Å². The molecule has 1 fully saturated rings. The van der Waals surface area contributed by atoms with Gasteiger partial charge in [-0.15, -0.1) is 0 Å². The molecular formula is C12H15NO. The van der Waals surface area contributed by atoms with E-state index in [2.05, 4.69) is 4.98 Å². The minimum atomic E-state index is 0.252. The molecule has 0 amide bonds. The molecule has 0 bridgehead atoms. The minimum absolute atomic E-state index is 0.252. The van der Waals surface area contributed by atoms with Crippen molar-refractivity contribution in [3.8, 4) is 0 Å². The van der Waals surface area contributed by atoms with E-state index in [9.17, 15) is 4.79 Å². The fourth-order valence-electron chi connectivity index (χ4n) is 1.63. The van der Waals surface area contributed by atoms with Crippen molar-refractivity contribution in [2.45, 2.75) is 32.6 Å². The summed E-state index contributed by atoms with van der Waals surface area (Å²) in [6.07, 6.45) is 7.81. The molecule has 0 N–H and O–H groups in total. The highest BCUT2D eigenvalue weighted by molar-refractivity contribution is 5.97. The molecule has 1 aromatic rings. The molecule has 1 aromatic heterocycles. The summed E-state index contributed by atoms with van der Waals surface area (Å²) in [6, 6.07) is 1.89. The van der Waals surface area contributed by atoms with Crippen LogP contribution in [0.1, 0.15) is 41.6 Å². The van der Waals surface area contributed by atoms with Crippen LogP contribution in [0.4, 0.5) is 0 Å². The lowest BCUT2D eigenvalue weighted by Gasteiger charge is -2.02. The molecule has 0 aliphatic heterocycles. The van der Waals surface area contributed by atoms with E-state index >= 15 is 0 Å². The first kappa shape index (κ1) is 9.38. The van der Waals surface area contributed by atoms with Crippen LogP contribution in [0.2, 0.25) is 0 Å². The molecule has 1 heterocycles. The Hall–Kier alpha value is -1.18. The summed E-state index contributed by atoms with van der Waals surface area (Å²) in [5, 5.41) is 0. The summed E-state index contributed by atoms with van der Waals surface area (Å²) >= 11 is 0. The Morgan fingerprint density at radius 3 is 3.00 bits per heavy atom. The first-order valence-corrected chi connectivity index (χ1v) is 5.21. The lowest BCUT2D eigenvalue weighted by atomic mass is 10.0. The molecule has 0 saturated heterocycles. The highest BCUT2D eigenvalue weighted by Crippen LogP contribution is 2.33. The van der Waals surface area contributed by atoms with E-state index in [0.717, 1.165) is 23.5 Å². The van der Waals surface area contributed by atoms with Gasteiger partial charge in [0.2, 0.25) is 0 Å². The van der Waals surface area contributed by atoms with Gasteiger partial charge in [0.25, 0.3) is 0 Å². The van der Waals surface area contributed by atoms with Gasteiger partial charge in [-0.25, -0.2) is 0 Å². The van der Waals surface area contributed by atoms with E-state index in [1.165, 1.54) is 12.8 Å². The molecule has 0 unspecified atom stereocenters. The fourth-order valence-corrected chi connectivity index (χ4v) is 1.63. The van der Waals surface area contributed by atoms with E-state index in [-0.39, 0.29) is 5.78 Å². The number of carbonyl (C=O) groups excluding carboxylic acids is 1. The Balaban J connectivity index is 1.98. The number of hydrogen-bond donors (Lipinski definition) is 0. The predicted molar refractivity (Wildman–Crippen MR) is 55.3 cm³/mol. The number of rotatable bonds is 4. The van der Waals surface area contributed by atoms with Crippen LogP contribution in [0.25, 0.3) is 0 Å². The number of hydrogen-bond acceptors (Lipinski definition) is 2. The molecule has 1 aliphatic rings. The lowest BCUT2D eigenvalue weighted by molar-refractivity contribution is 0.0977. The number of pyridine rings is 1. The third-order valence-corrected chi connectivity index (χ3v) is 2.82. The second-order valence-electron chi connectivity index (χ2n) is 4.10. The summed E-state index contributed by atoms with van der Waals surface area (Å²) in [5.41, 5.74) is 1.84. The van der Waals surface area contributed by atoms with Gasteiger partial charge < -0.3 is 0 Å². The van der Waals surface area contributed by atoms with Crippen LogP contribution in [0.3, 0.4) is 0 Å². The molecule has 0 aromatic carbocycles. The van der Waals surface area contributed by atoms with Crippen molar-refractivity contribution >= 4 is 5.78 Å². The number of aryl methyl sites for hydroxylation is 1. The van der Waals surface area contributed by atoms with Crippen molar-refractivity contribution < 1.29 is 4.79 Å². The maximum Gasteiger partial charge on any atom is 0.164 e. The van der Waals surface area contributed by atoms with E-state index in [1.54, 1.807) is 12.4 Å². The topological polar surface area (TPSA) is 30.0 Å². The van der Waals surface area contributed by atoms with Gasteiger partial charge in [-0.2, -0.15) is 0 Å². The summed E-state index contributed by atoms with van der Waals surface area (Å²) in [4.78, 5) is 15.7. The highest BCUT2D eigenvalue weighted by atomic mass is 16.1. The Labute approximate surface area is 84.4 Å². The smallest absolute Gasteiger partial charge is 0.164 e. The van der Waals surface area contributed by atoms with Gasteiger partial charge in [-0.3, -0.25) is 9.78 Å². The molecule has 1 aliphatic carbocycles. The number of aromatic nitrogens is 1. The van der Waals surface area contributed by atoms with Crippen molar-refractivity contribution in [2.24, 2.45) is 5.92 Å². The average Bonchev–Trinajstić information content (AvgIpc) is 2.98. The molecular weight excluding hydrogens is 174 g/mol. The SMILES string of the molecule is Cc1ccncc1C(=O)CCC1CC1. The van der Waals surface area contributed by atoms with Gasteiger partial charge in [0.05, 0.1) is 0 Å². The maximum absolute atomic E-state index is 11.8. The maximum atomic E-state index is 11.8. The number of Topliss-reactive ketones (excluding diaryl/α,β-unsaturated/α-hetero) is 1. The average molecular weight is 189 g/mol. The van der Waals surface area contributed by atoms with Crippen molar-refractivity contribution in [2.75, 3.05) is 0 Å². The zero-order chi connectivity index (χ0) is 9.97. The Morgan fingerprint density at radius 1 is 1.57 bits per heavy atom. The van der Waals surface area contributed by atoms with Gasteiger partial charge >= 0.3 is 0 Å². The molecule has 2 heteroatoms. The summed E-state index contributed by atoms with van der Waals surface area (Å²) in [6.45, 7) is 1.96. The second-order valence-corrected chi connectivity index (χ2v) is 4.10. The molecule has 14 heavy (non-hydrogen) atoms. The van der Waals surface area contributed by atoms with Crippen molar-refractivity contribution in [3.63, 3.8) is 0 Å². The molecule has 0 radical (unpaired) electrons. The van der Waals surface area contributed by atoms with Gasteiger partial charge in [-0.05, 0) is 30.9 Å². The van der Waals surface area contributed by atoms with Gasteiger partial charge in [-0.1, -0.05) is 12.8 Å². The van der Waals surface area contributed by atoms with Gasteiger partial charge in [0, 0.05) is 24.4 Å².